The summed E-state index contributed by atoms with van der Waals surface area (Å²) in [5, 5.41) is 8.32. The molecule has 0 spiro atoms. The summed E-state index contributed by atoms with van der Waals surface area (Å²) in [6, 6.07) is 11.8. The Balaban J connectivity index is 1.97. The van der Waals surface area contributed by atoms with Gasteiger partial charge in [-0.3, -0.25) is 4.40 Å². The first-order valence-electron chi connectivity index (χ1n) is 6.07. The van der Waals surface area contributed by atoms with Gasteiger partial charge in [0.2, 0.25) is 0 Å². The van der Waals surface area contributed by atoms with E-state index in [0.717, 1.165) is 22.7 Å². The predicted molar refractivity (Wildman–Crippen MR) is 77.5 cm³/mol. The number of nitrogen functional groups attached to an aromatic ring is 1. The van der Waals surface area contributed by atoms with Gasteiger partial charge in [0.25, 0.3) is 0 Å². The van der Waals surface area contributed by atoms with E-state index in [1.807, 2.05) is 66.1 Å². The van der Waals surface area contributed by atoms with Gasteiger partial charge in [-0.1, -0.05) is 18.2 Å². The van der Waals surface area contributed by atoms with Gasteiger partial charge in [-0.15, -0.1) is 10.2 Å². The largest absolute Gasteiger partial charge is 0.399 e. The Hall–Kier alpha value is -2.62. The normalized spacial score (nSPS) is 11.4. The molecule has 2 aromatic heterocycles. The third-order valence-corrected chi connectivity index (χ3v) is 2.93. The van der Waals surface area contributed by atoms with Gasteiger partial charge in [-0.05, 0) is 48.4 Å². The SMILES string of the molecule is Cc1ccn2c(/C=C\c3cccc(N)c3)nnc2c1. The second-order valence-corrected chi connectivity index (χ2v) is 4.49. The van der Waals surface area contributed by atoms with Gasteiger partial charge >= 0.3 is 0 Å². The fourth-order valence-corrected chi connectivity index (χ4v) is 1.96. The average Bonchev–Trinajstić information content (AvgIpc) is 2.78. The molecule has 0 saturated heterocycles. The first-order chi connectivity index (χ1) is 9.22. The minimum absolute atomic E-state index is 0.754. The van der Waals surface area contributed by atoms with E-state index in [-0.39, 0.29) is 0 Å². The number of anilines is 1. The van der Waals surface area contributed by atoms with Gasteiger partial charge in [0.1, 0.15) is 0 Å². The van der Waals surface area contributed by atoms with Crippen molar-refractivity contribution in [1.82, 2.24) is 14.6 Å². The maximum atomic E-state index is 5.75. The van der Waals surface area contributed by atoms with Crippen molar-refractivity contribution in [3.63, 3.8) is 0 Å². The van der Waals surface area contributed by atoms with Crippen LogP contribution in [0.4, 0.5) is 5.69 Å². The molecule has 0 atom stereocenters. The number of nitrogens with two attached hydrogens (primary N) is 1. The third kappa shape index (κ3) is 2.33. The topological polar surface area (TPSA) is 56.2 Å². The molecule has 2 heterocycles. The number of hydrogen-bond acceptors (Lipinski definition) is 3. The molecule has 0 unspecified atom stereocenters. The minimum atomic E-state index is 0.754. The third-order valence-electron chi connectivity index (χ3n) is 2.93. The highest BCUT2D eigenvalue weighted by Crippen LogP contribution is 2.12. The first kappa shape index (κ1) is 11.5. The Bertz CT molecular complexity index is 756. The van der Waals surface area contributed by atoms with Crippen LogP contribution in [0.25, 0.3) is 17.8 Å². The van der Waals surface area contributed by atoms with Crippen LogP contribution in [0.1, 0.15) is 17.0 Å². The van der Waals surface area contributed by atoms with Crippen molar-refractivity contribution in [2.24, 2.45) is 0 Å². The molecule has 0 radical (unpaired) electrons. The molecule has 0 saturated carbocycles. The quantitative estimate of drug-likeness (QED) is 0.711. The molecule has 94 valence electrons. The highest BCUT2D eigenvalue weighted by molar-refractivity contribution is 5.69. The van der Waals surface area contributed by atoms with Crippen LogP contribution in [-0.2, 0) is 0 Å². The Kier molecular flexibility index (Phi) is 2.76. The van der Waals surface area contributed by atoms with E-state index in [2.05, 4.69) is 10.2 Å². The molecule has 0 amide bonds. The van der Waals surface area contributed by atoms with Crippen molar-refractivity contribution in [3.8, 4) is 0 Å². The van der Waals surface area contributed by atoms with Crippen molar-refractivity contribution in [3.05, 3.63) is 59.5 Å². The van der Waals surface area contributed by atoms with Crippen LogP contribution >= 0.6 is 0 Å². The van der Waals surface area contributed by atoms with Gasteiger partial charge in [0.15, 0.2) is 11.5 Å². The lowest BCUT2D eigenvalue weighted by Gasteiger charge is -1.97. The smallest absolute Gasteiger partial charge is 0.161 e. The van der Waals surface area contributed by atoms with Crippen LogP contribution < -0.4 is 5.73 Å². The molecular weight excluding hydrogens is 236 g/mol. The molecule has 0 aliphatic carbocycles. The van der Waals surface area contributed by atoms with E-state index < -0.39 is 0 Å². The zero-order valence-electron chi connectivity index (χ0n) is 10.6. The summed E-state index contributed by atoms with van der Waals surface area (Å²) in [5.41, 5.74) is 9.57. The molecule has 3 aromatic rings. The number of benzene rings is 1. The van der Waals surface area contributed by atoms with Gasteiger partial charge in [0.05, 0.1) is 0 Å². The fraction of sp³-hybridized carbons (Fsp3) is 0.0667. The molecule has 0 bridgehead atoms. The summed E-state index contributed by atoms with van der Waals surface area (Å²) >= 11 is 0. The van der Waals surface area contributed by atoms with E-state index in [9.17, 15) is 0 Å². The molecule has 4 nitrogen and oxygen atoms in total. The number of pyridine rings is 1. The van der Waals surface area contributed by atoms with Crippen LogP contribution in [-0.4, -0.2) is 14.6 Å². The highest BCUT2D eigenvalue weighted by Gasteiger charge is 2.01. The van der Waals surface area contributed by atoms with E-state index >= 15 is 0 Å². The number of nitrogens with zero attached hydrogens (tertiary/aromatic N) is 3. The van der Waals surface area contributed by atoms with E-state index in [1.54, 1.807) is 0 Å². The number of hydrogen-bond donors (Lipinski definition) is 1. The monoisotopic (exact) mass is 250 g/mol. The Morgan fingerprint density at radius 2 is 2.00 bits per heavy atom. The molecule has 0 fully saturated rings. The number of fused-ring (bicyclic) bond motifs is 1. The Morgan fingerprint density at radius 1 is 1.11 bits per heavy atom. The highest BCUT2D eigenvalue weighted by atomic mass is 15.2. The maximum Gasteiger partial charge on any atom is 0.161 e. The van der Waals surface area contributed by atoms with Crippen molar-refractivity contribution in [2.75, 3.05) is 5.73 Å². The van der Waals surface area contributed by atoms with E-state index in [1.165, 1.54) is 5.56 Å². The van der Waals surface area contributed by atoms with Crippen molar-refractivity contribution in [1.29, 1.82) is 0 Å². The molecule has 2 N–H and O–H groups in total. The lowest BCUT2D eigenvalue weighted by Crippen LogP contribution is -1.88. The van der Waals surface area contributed by atoms with Crippen LogP contribution in [0, 0.1) is 6.92 Å². The second kappa shape index (κ2) is 4.57. The molecule has 0 aliphatic rings. The lowest BCUT2D eigenvalue weighted by atomic mass is 10.2. The molecular formula is C15H14N4. The van der Waals surface area contributed by atoms with Crippen LogP contribution in [0.15, 0.2) is 42.6 Å². The van der Waals surface area contributed by atoms with Gasteiger partial charge in [-0.25, -0.2) is 0 Å². The zero-order valence-corrected chi connectivity index (χ0v) is 10.6. The summed E-state index contributed by atoms with van der Waals surface area (Å²) < 4.78 is 1.95. The summed E-state index contributed by atoms with van der Waals surface area (Å²) in [7, 11) is 0. The molecule has 1 aromatic carbocycles. The van der Waals surface area contributed by atoms with Crippen molar-refractivity contribution >= 4 is 23.5 Å². The van der Waals surface area contributed by atoms with Gasteiger partial charge < -0.3 is 5.73 Å². The minimum Gasteiger partial charge on any atom is -0.399 e. The molecule has 3 rings (SSSR count). The van der Waals surface area contributed by atoms with Gasteiger partial charge in [0, 0.05) is 11.9 Å². The van der Waals surface area contributed by atoms with Crippen molar-refractivity contribution in [2.45, 2.75) is 6.92 Å². The van der Waals surface area contributed by atoms with Crippen molar-refractivity contribution < 1.29 is 0 Å². The standard InChI is InChI=1S/C15H14N4/c1-11-7-8-19-14(17-18-15(19)9-11)6-5-12-3-2-4-13(16)10-12/h2-10H,16H2,1H3/b6-5-. The summed E-state index contributed by atoms with van der Waals surface area (Å²) in [4.78, 5) is 0. The summed E-state index contributed by atoms with van der Waals surface area (Å²) in [5.74, 6) is 0.803. The summed E-state index contributed by atoms with van der Waals surface area (Å²) in [6.07, 6.45) is 5.89. The van der Waals surface area contributed by atoms with Gasteiger partial charge in [-0.2, -0.15) is 0 Å². The van der Waals surface area contributed by atoms with E-state index in [0.29, 0.717) is 0 Å². The number of rotatable bonds is 2. The number of aryl methyl sites for hydroxylation is 1. The van der Waals surface area contributed by atoms with Crippen LogP contribution in [0.2, 0.25) is 0 Å². The second-order valence-electron chi connectivity index (χ2n) is 4.49. The van der Waals surface area contributed by atoms with E-state index in [4.69, 9.17) is 5.73 Å². The first-order valence-corrected chi connectivity index (χ1v) is 6.07. The number of aromatic nitrogens is 3. The summed E-state index contributed by atoms with van der Waals surface area (Å²) in [6.45, 7) is 2.04. The van der Waals surface area contributed by atoms with Crippen LogP contribution in [0.5, 0.6) is 0 Å². The fourth-order valence-electron chi connectivity index (χ4n) is 1.96. The Morgan fingerprint density at radius 3 is 2.84 bits per heavy atom. The zero-order chi connectivity index (χ0) is 13.2. The predicted octanol–water partition coefficient (Wildman–Crippen LogP) is 2.79. The maximum absolute atomic E-state index is 5.75. The molecule has 19 heavy (non-hydrogen) atoms. The molecule has 4 heteroatoms. The average molecular weight is 250 g/mol. The lowest BCUT2D eigenvalue weighted by molar-refractivity contribution is 1.08. The van der Waals surface area contributed by atoms with Crippen LogP contribution in [0.3, 0.4) is 0 Å². The Labute approximate surface area is 111 Å². The molecule has 0 aliphatic heterocycles.